The molecule has 1 amide bonds. The number of amides is 1. The summed E-state index contributed by atoms with van der Waals surface area (Å²) in [7, 11) is 2.67. The van der Waals surface area contributed by atoms with Gasteiger partial charge in [-0.2, -0.15) is 5.10 Å². The molecule has 0 aliphatic heterocycles. The number of pyridine rings is 1. The summed E-state index contributed by atoms with van der Waals surface area (Å²) in [5, 5.41) is 4.12. The fourth-order valence-corrected chi connectivity index (χ4v) is 2.40. The number of nitrogens with zero attached hydrogens (tertiary/aromatic N) is 2. The number of benzene rings is 1. The van der Waals surface area contributed by atoms with Crippen molar-refractivity contribution in [3.8, 4) is 11.5 Å². The van der Waals surface area contributed by atoms with Crippen molar-refractivity contribution < 1.29 is 23.8 Å². The molecule has 0 fully saturated rings. The van der Waals surface area contributed by atoms with E-state index in [4.69, 9.17) is 32.7 Å². The maximum Gasteiger partial charge on any atom is 0.343 e. The van der Waals surface area contributed by atoms with Crippen LogP contribution < -0.4 is 14.9 Å². The van der Waals surface area contributed by atoms with Gasteiger partial charge in [0.25, 0.3) is 5.91 Å². The second-order valence-electron chi connectivity index (χ2n) is 4.94. The molecule has 0 atom stereocenters. The number of hydrazone groups is 1. The largest absolute Gasteiger partial charge is 0.493 e. The van der Waals surface area contributed by atoms with E-state index < -0.39 is 11.9 Å². The van der Waals surface area contributed by atoms with Crippen molar-refractivity contribution in [3.63, 3.8) is 0 Å². The number of carbonyl (C=O) groups is 2. The Hall–Kier alpha value is -2.84. The van der Waals surface area contributed by atoms with Crippen LogP contribution in [0.15, 0.2) is 35.6 Å². The second-order valence-corrected chi connectivity index (χ2v) is 5.71. The van der Waals surface area contributed by atoms with E-state index in [1.54, 1.807) is 12.1 Å². The Morgan fingerprint density at radius 3 is 2.74 bits per heavy atom. The van der Waals surface area contributed by atoms with Crippen LogP contribution in [0.3, 0.4) is 0 Å². The van der Waals surface area contributed by atoms with Crippen LogP contribution in [0.5, 0.6) is 11.5 Å². The smallest absolute Gasteiger partial charge is 0.343 e. The van der Waals surface area contributed by atoms with Crippen molar-refractivity contribution in [2.24, 2.45) is 5.10 Å². The maximum absolute atomic E-state index is 12.0. The molecule has 10 heteroatoms. The zero-order valence-corrected chi connectivity index (χ0v) is 15.9. The van der Waals surface area contributed by atoms with Crippen LogP contribution in [0, 0.1) is 0 Å². The second kappa shape index (κ2) is 9.75. The zero-order valence-electron chi connectivity index (χ0n) is 14.4. The summed E-state index contributed by atoms with van der Waals surface area (Å²) < 4.78 is 15.0. The number of carbonyl (C=O) groups excluding carboxylic acids is 2. The Balaban J connectivity index is 2.11. The number of hydrogen-bond acceptors (Lipinski definition) is 7. The van der Waals surface area contributed by atoms with Gasteiger partial charge in [-0.1, -0.05) is 23.2 Å². The molecule has 27 heavy (non-hydrogen) atoms. The van der Waals surface area contributed by atoms with Gasteiger partial charge in [0, 0.05) is 6.20 Å². The Kier molecular flexibility index (Phi) is 7.39. The normalized spacial score (nSPS) is 10.5. The first-order valence-electron chi connectivity index (χ1n) is 7.47. The molecule has 142 valence electrons. The highest BCUT2D eigenvalue weighted by Crippen LogP contribution is 2.36. The molecule has 0 saturated heterocycles. The molecule has 0 saturated carbocycles. The molecule has 0 aliphatic carbocycles. The Labute approximate surface area is 165 Å². The van der Waals surface area contributed by atoms with E-state index in [9.17, 15) is 9.59 Å². The number of hydrogen-bond donors (Lipinski definition) is 1. The quantitative estimate of drug-likeness (QED) is 0.325. The van der Waals surface area contributed by atoms with Gasteiger partial charge in [0.2, 0.25) is 0 Å². The topological polar surface area (TPSA) is 99.1 Å². The van der Waals surface area contributed by atoms with Crippen LogP contribution in [-0.2, 0) is 9.53 Å². The molecule has 8 nitrogen and oxygen atoms in total. The lowest BCUT2D eigenvalue weighted by molar-refractivity contribution is -0.142. The van der Waals surface area contributed by atoms with Crippen molar-refractivity contribution >= 4 is 41.3 Å². The molecule has 1 heterocycles. The van der Waals surface area contributed by atoms with Crippen LogP contribution in [0.1, 0.15) is 15.9 Å². The number of esters is 1. The van der Waals surface area contributed by atoms with E-state index >= 15 is 0 Å². The average Bonchev–Trinajstić information content (AvgIpc) is 2.66. The third-order valence-electron chi connectivity index (χ3n) is 3.20. The summed E-state index contributed by atoms with van der Waals surface area (Å²) in [6.07, 6.45) is 2.83. The minimum absolute atomic E-state index is 0.0713. The van der Waals surface area contributed by atoms with Crippen molar-refractivity contribution in [2.45, 2.75) is 0 Å². The van der Waals surface area contributed by atoms with Gasteiger partial charge in [-0.3, -0.25) is 4.79 Å². The van der Waals surface area contributed by atoms with Crippen molar-refractivity contribution in [1.82, 2.24) is 10.4 Å². The lowest BCUT2D eigenvalue weighted by Gasteiger charge is -2.12. The molecule has 0 bridgehead atoms. The van der Waals surface area contributed by atoms with E-state index in [-0.39, 0.29) is 33.8 Å². The van der Waals surface area contributed by atoms with Gasteiger partial charge in [0.15, 0.2) is 18.1 Å². The Bertz CT molecular complexity index is 874. The molecule has 0 aliphatic rings. The monoisotopic (exact) mass is 411 g/mol. The minimum Gasteiger partial charge on any atom is -0.493 e. The molecule has 0 unspecified atom stereocenters. The van der Waals surface area contributed by atoms with Gasteiger partial charge in [-0.05, 0) is 29.8 Å². The SMILES string of the molecule is COC(=O)COc1c(Cl)cc(C=NNC(=O)c2cccnc2Cl)cc1OC. The number of aromatic nitrogens is 1. The minimum atomic E-state index is -0.560. The average molecular weight is 412 g/mol. The molecule has 1 aromatic carbocycles. The Morgan fingerprint density at radius 2 is 2.07 bits per heavy atom. The first-order chi connectivity index (χ1) is 13.0. The molecule has 1 N–H and O–H groups in total. The van der Waals surface area contributed by atoms with E-state index in [1.165, 1.54) is 38.8 Å². The van der Waals surface area contributed by atoms with Crippen LogP contribution in [0.2, 0.25) is 10.2 Å². The highest BCUT2D eigenvalue weighted by atomic mass is 35.5. The first-order valence-corrected chi connectivity index (χ1v) is 8.23. The van der Waals surface area contributed by atoms with Crippen LogP contribution in [-0.4, -0.2) is 43.9 Å². The van der Waals surface area contributed by atoms with Gasteiger partial charge in [0.05, 0.1) is 31.0 Å². The van der Waals surface area contributed by atoms with Gasteiger partial charge >= 0.3 is 5.97 Å². The third kappa shape index (κ3) is 5.57. The lowest BCUT2D eigenvalue weighted by atomic mass is 10.2. The zero-order chi connectivity index (χ0) is 19.8. The highest BCUT2D eigenvalue weighted by molar-refractivity contribution is 6.33. The molecule has 0 radical (unpaired) electrons. The van der Waals surface area contributed by atoms with Gasteiger partial charge in [-0.25, -0.2) is 15.2 Å². The van der Waals surface area contributed by atoms with Crippen LogP contribution in [0.25, 0.3) is 0 Å². The summed E-state index contributed by atoms with van der Waals surface area (Å²) >= 11 is 12.0. The highest BCUT2D eigenvalue weighted by Gasteiger charge is 2.14. The number of methoxy groups -OCH3 is 2. The molecular formula is C17H15Cl2N3O5. The molecular weight excluding hydrogens is 397 g/mol. The fourth-order valence-electron chi connectivity index (χ4n) is 1.93. The van der Waals surface area contributed by atoms with Gasteiger partial charge < -0.3 is 14.2 Å². The third-order valence-corrected chi connectivity index (χ3v) is 3.78. The molecule has 0 spiro atoms. The van der Waals surface area contributed by atoms with E-state index in [0.717, 1.165) is 0 Å². The summed E-state index contributed by atoms with van der Waals surface area (Å²) in [6.45, 7) is -0.318. The number of ether oxygens (including phenoxy) is 3. The first kappa shape index (κ1) is 20.5. The number of nitrogens with one attached hydrogen (secondary N) is 1. The summed E-state index contributed by atoms with van der Waals surface area (Å²) in [4.78, 5) is 27.0. The van der Waals surface area contributed by atoms with Crippen molar-refractivity contribution in [2.75, 3.05) is 20.8 Å². The maximum atomic E-state index is 12.0. The van der Waals surface area contributed by atoms with Gasteiger partial charge in [0.1, 0.15) is 5.15 Å². The summed E-state index contributed by atoms with van der Waals surface area (Å²) in [6, 6.07) is 6.21. The number of rotatable bonds is 7. The van der Waals surface area contributed by atoms with E-state index in [1.807, 2.05) is 0 Å². The van der Waals surface area contributed by atoms with Crippen LogP contribution in [0.4, 0.5) is 0 Å². The molecule has 2 aromatic rings. The summed E-state index contributed by atoms with van der Waals surface area (Å²) in [5.41, 5.74) is 3.06. The summed E-state index contributed by atoms with van der Waals surface area (Å²) in [5.74, 6) is -0.599. The molecule has 1 aromatic heterocycles. The lowest BCUT2D eigenvalue weighted by Crippen LogP contribution is -2.18. The number of halogens is 2. The van der Waals surface area contributed by atoms with Crippen molar-refractivity contribution in [3.05, 3.63) is 51.8 Å². The predicted molar refractivity (Wildman–Crippen MR) is 99.8 cm³/mol. The van der Waals surface area contributed by atoms with E-state index in [2.05, 4.69) is 20.2 Å². The Morgan fingerprint density at radius 1 is 1.30 bits per heavy atom. The molecule has 2 rings (SSSR count). The standard InChI is InChI=1S/C17H15Cl2N3O5/c1-25-13-7-10(6-12(18)15(13)27-9-14(23)26-2)8-21-22-17(24)11-4-3-5-20-16(11)19/h3-8H,9H2,1-2H3,(H,22,24). The van der Waals surface area contributed by atoms with E-state index in [0.29, 0.717) is 5.56 Å². The van der Waals surface area contributed by atoms with Gasteiger partial charge in [-0.15, -0.1) is 0 Å². The predicted octanol–water partition coefficient (Wildman–Crippen LogP) is 2.71. The van der Waals surface area contributed by atoms with Crippen molar-refractivity contribution in [1.29, 1.82) is 0 Å². The van der Waals surface area contributed by atoms with Crippen LogP contribution >= 0.6 is 23.2 Å². The fraction of sp³-hybridized carbons (Fsp3) is 0.176.